The summed E-state index contributed by atoms with van der Waals surface area (Å²) >= 11 is 1.16. The molecule has 0 aromatic rings. The molecule has 2 N–H and O–H groups in total. The van der Waals surface area contributed by atoms with Gasteiger partial charge in [0.1, 0.15) is 0 Å². The summed E-state index contributed by atoms with van der Waals surface area (Å²) in [7, 11) is 0. The number of ketones is 2. The van der Waals surface area contributed by atoms with Gasteiger partial charge in [-0.15, -0.1) is 0 Å². The van der Waals surface area contributed by atoms with E-state index in [2.05, 4.69) is 10.6 Å². The van der Waals surface area contributed by atoms with Gasteiger partial charge in [0.2, 0.25) is 5.91 Å². The summed E-state index contributed by atoms with van der Waals surface area (Å²) in [4.78, 5) is 42.1. The maximum Gasteiger partial charge on any atom is 0.279 e. The molecule has 0 spiro atoms. The minimum absolute atomic E-state index is 0.00444. The first kappa shape index (κ1) is 14.7. The Hall–Kier alpha value is -1.37. The SMILES string of the molecule is CC(=O)C1CCC(=O)N1.CC(=O)C1CSC(=O)N1. The lowest BCUT2D eigenvalue weighted by Crippen LogP contribution is -2.32. The van der Waals surface area contributed by atoms with Crippen molar-refractivity contribution in [3.8, 4) is 0 Å². The Balaban J connectivity index is 0.000000180. The Morgan fingerprint density at radius 3 is 1.94 bits per heavy atom. The highest BCUT2D eigenvalue weighted by atomic mass is 32.2. The summed E-state index contributed by atoms with van der Waals surface area (Å²) in [6, 6.07) is -0.431. The van der Waals surface area contributed by atoms with Crippen molar-refractivity contribution in [3.05, 3.63) is 0 Å². The highest BCUT2D eigenvalue weighted by Gasteiger charge is 2.24. The summed E-state index contributed by atoms with van der Waals surface area (Å²) in [6.07, 6.45) is 1.18. The van der Waals surface area contributed by atoms with Gasteiger partial charge in [-0.25, -0.2) is 0 Å². The predicted octanol–water partition coefficient (Wildman–Crippen LogP) is 0.254. The van der Waals surface area contributed by atoms with Crippen LogP contribution in [0.5, 0.6) is 0 Å². The molecule has 2 aliphatic heterocycles. The number of carbonyl (C=O) groups is 4. The number of amides is 2. The second kappa shape index (κ2) is 6.53. The Bertz CT molecular complexity index is 347. The van der Waals surface area contributed by atoms with Crippen molar-refractivity contribution in [2.75, 3.05) is 5.75 Å². The van der Waals surface area contributed by atoms with Gasteiger partial charge in [0, 0.05) is 12.2 Å². The first-order valence-corrected chi connectivity index (χ1v) is 6.62. The molecule has 0 aromatic heterocycles. The summed E-state index contributed by atoms with van der Waals surface area (Å²) in [5.41, 5.74) is 0. The van der Waals surface area contributed by atoms with Crippen LogP contribution in [0.1, 0.15) is 26.7 Å². The van der Waals surface area contributed by atoms with Crippen LogP contribution in [0.4, 0.5) is 4.79 Å². The third-order valence-corrected chi connectivity index (χ3v) is 3.53. The van der Waals surface area contributed by atoms with E-state index >= 15 is 0 Å². The topological polar surface area (TPSA) is 92.3 Å². The molecule has 2 aliphatic rings. The van der Waals surface area contributed by atoms with Crippen LogP contribution in [0.2, 0.25) is 0 Å². The van der Waals surface area contributed by atoms with Gasteiger partial charge in [-0.05, 0) is 20.3 Å². The molecule has 6 nitrogen and oxygen atoms in total. The molecule has 7 heteroatoms. The number of hydrogen-bond donors (Lipinski definition) is 2. The Kier molecular flexibility index (Phi) is 5.33. The maximum atomic E-state index is 10.6. The van der Waals surface area contributed by atoms with E-state index in [-0.39, 0.29) is 34.8 Å². The molecule has 18 heavy (non-hydrogen) atoms. The molecule has 2 saturated heterocycles. The molecule has 100 valence electrons. The largest absolute Gasteiger partial charge is 0.346 e. The lowest BCUT2D eigenvalue weighted by atomic mass is 10.2. The van der Waals surface area contributed by atoms with Crippen LogP contribution in [0.3, 0.4) is 0 Å². The molecule has 0 aliphatic carbocycles. The number of hydrogen-bond acceptors (Lipinski definition) is 5. The highest BCUT2D eigenvalue weighted by molar-refractivity contribution is 8.14. The van der Waals surface area contributed by atoms with Crippen LogP contribution in [0.25, 0.3) is 0 Å². The van der Waals surface area contributed by atoms with Crippen molar-refractivity contribution >= 4 is 34.5 Å². The monoisotopic (exact) mass is 272 g/mol. The first-order valence-electron chi connectivity index (χ1n) is 5.63. The Labute approximate surface area is 109 Å². The lowest BCUT2D eigenvalue weighted by Gasteiger charge is -2.01. The predicted molar refractivity (Wildman–Crippen MR) is 67.3 cm³/mol. The van der Waals surface area contributed by atoms with Gasteiger partial charge in [0.25, 0.3) is 5.24 Å². The third kappa shape index (κ3) is 4.48. The van der Waals surface area contributed by atoms with Crippen molar-refractivity contribution in [2.45, 2.75) is 38.8 Å². The molecule has 2 fully saturated rings. The fourth-order valence-electron chi connectivity index (χ4n) is 1.52. The summed E-state index contributed by atoms with van der Waals surface area (Å²) in [6.45, 7) is 2.98. The van der Waals surface area contributed by atoms with Crippen molar-refractivity contribution in [1.82, 2.24) is 10.6 Å². The van der Waals surface area contributed by atoms with Crippen LogP contribution >= 0.6 is 11.8 Å². The summed E-state index contributed by atoms with van der Waals surface area (Å²) in [5.74, 6) is 0.679. The quantitative estimate of drug-likeness (QED) is 0.752. The zero-order chi connectivity index (χ0) is 13.7. The Morgan fingerprint density at radius 1 is 1.11 bits per heavy atom. The second-order valence-corrected chi connectivity index (χ2v) is 5.17. The van der Waals surface area contributed by atoms with Crippen molar-refractivity contribution in [1.29, 1.82) is 0 Å². The van der Waals surface area contributed by atoms with Crippen LogP contribution in [0.15, 0.2) is 0 Å². The van der Waals surface area contributed by atoms with E-state index in [0.29, 0.717) is 18.6 Å². The fraction of sp³-hybridized carbons (Fsp3) is 0.636. The van der Waals surface area contributed by atoms with Gasteiger partial charge in [-0.1, -0.05) is 11.8 Å². The highest BCUT2D eigenvalue weighted by Crippen LogP contribution is 2.12. The van der Waals surface area contributed by atoms with Crippen LogP contribution in [-0.4, -0.2) is 40.5 Å². The van der Waals surface area contributed by atoms with Crippen LogP contribution in [0, 0.1) is 0 Å². The van der Waals surface area contributed by atoms with Gasteiger partial charge in [0.05, 0.1) is 12.1 Å². The van der Waals surface area contributed by atoms with E-state index in [1.165, 1.54) is 13.8 Å². The number of rotatable bonds is 2. The van der Waals surface area contributed by atoms with Gasteiger partial charge < -0.3 is 10.6 Å². The standard InChI is InChI=1S/C6H9NO2.C5H7NO2S/c1-4(8)5-2-3-6(9)7-5;1-3(7)4-2-9-5(8)6-4/h5H,2-3H2,1H3,(H,7,9);4H,2H2,1H3,(H,6,8). The van der Waals surface area contributed by atoms with Crippen molar-refractivity contribution in [2.24, 2.45) is 0 Å². The van der Waals surface area contributed by atoms with Crippen LogP contribution in [-0.2, 0) is 14.4 Å². The lowest BCUT2D eigenvalue weighted by molar-refractivity contribution is -0.123. The molecule has 0 radical (unpaired) electrons. The first-order chi connectivity index (χ1) is 8.40. The average Bonchev–Trinajstić information content (AvgIpc) is 2.88. The molecular formula is C11H16N2O4S. The number of thioether (sulfide) groups is 1. The number of carbonyl (C=O) groups excluding carboxylic acids is 4. The van der Waals surface area contributed by atoms with E-state index in [1.54, 1.807) is 0 Å². The zero-order valence-corrected chi connectivity index (χ0v) is 11.1. The summed E-state index contributed by atoms with van der Waals surface area (Å²) < 4.78 is 0. The zero-order valence-electron chi connectivity index (χ0n) is 10.3. The summed E-state index contributed by atoms with van der Waals surface area (Å²) in [5, 5.41) is 5.00. The van der Waals surface area contributed by atoms with E-state index in [1.807, 2.05) is 0 Å². The molecule has 2 heterocycles. The average molecular weight is 272 g/mol. The third-order valence-electron chi connectivity index (χ3n) is 2.65. The minimum Gasteiger partial charge on any atom is -0.346 e. The smallest absolute Gasteiger partial charge is 0.279 e. The molecule has 2 rings (SSSR count). The molecule has 2 atom stereocenters. The molecule has 2 amide bonds. The van der Waals surface area contributed by atoms with Crippen LogP contribution < -0.4 is 10.6 Å². The second-order valence-electron chi connectivity index (χ2n) is 4.18. The van der Waals surface area contributed by atoms with E-state index < -0.39 is 0 Å². The molecule has 0 saturated carbocycles. The van der Waals surface area contributed by atoms with Gasteiger partial charge in [0.15, 0.2) is 11.6 Å². The molecule has 0 bridgehead atoms. The molecule has 0 aromatic carbocycles. The number of Topliss-reactive ketones (excluding diaryl/α,β-unsaturated/α-hetero) is 2. The van der Waals surface area contributed by atoms with Crippen molar-refractivity contribution < 1.29 is 19.2 Å². The van der Waals surface area contributed by atoms with Crippen molar-refractivity contribution in [3.63, 3.8) is 0 Å². The molecular weight excluding hydrogens is 256 g/mol. The van der Waals surface area contributed by atoms with E-state index in [4.69, 9.17) is 0 Å². The maximum absolute atomic E-state index is 10.6. The molecule has 2 unspecified atom stereocenters. The van der Waals surface area contributed by atoms with E-state index in [9.17, 15) is 19.2 Å². The minimum atomic E-state index is -0.234. The van der Waals surface area contributed by atoms with E-state index in [0.717, 1.165) is 11.8 Å². The number of nitrogens with one attached hydrogen (secondary N) is 2. The van der Waals surface area contributed by atoms with Gasteiger partial charge >= 0.3 is 0 Å². The van der Waals surface area contributed by atoms with Gasteiger partial charge in [-0.2, -0.15) is 0 Å². The normalized spacial score (nSPS) is 25.9. The van der Waals surface area contributed by atoms with Gasteiger partial charge in [-0.3, -0.25) is 19.2 Å². The fourth-order valence-corrected chi connectivity index (χ4v) is 2.38. The Morgan fingerprint density at radius 2 is 1.72 bits per heavy atom.